The van der Waals surface area contributed by atoms with Gasteiger partial charge in [0, 0.05) is 18.8 Å². The van der Waals surface area contributed by atoms with E-state index >= 15 is 0 Å². The highest BCUT2D eigenvalue weighted by Gasteiger charge is 2.20. The molecule has 0 bridgehead atoms. The van der Waals surface area contributed by atoms with Gasteiger partial charge in [0.25, 0.3) is 0 Å². The summed E-state index contributed by atoms with van der Waals surface area (Å²) in [5.41, 5.74) is 4.67. The van der Waals surface area contributed by atoms with Crippen LogP contribution in [-0.4, -0.2) is 40.6 Å². The lowest BCUT2D eigenvalue weighted by atomic mass is 10.1. The Morgan fingerprint density at radius 2 is 1.96 bits per heavy atom. The second-order valence-electron chi connectivity index (χ2n) is 6.95. The van der Waals surface area contributed by atoms with Crippen LogP contribution in [0.25, 0.3) is 16.7 Å². The molecular weight excluding hydrogens is 308 g/mol. The number of aromatic nitrogens is 2. The number of likely N-dealkylation sites (tertiary alicyclic amines) is 1. The zero-order chi connectivity index (χ0) is 17.1. The topological polar surface area (TPSA) is 33.1 Å². The number of nitrogens with one attached hydrogen (secondary N) is 1. The molecule has 1 aliphatic heterocycles. The average molecular weight is 334 g/mol. The highest BCUT2D eigenvalue weighted by Crippen LogP contribution is 2.18. The van der Waals surface area contributed by atoms with E-state index in [0.29, 0.717) is 0 Å². The van der Waals surface area contributed by atoms with E-state index in [1.54, 1.807) is 0 Å². The van der Waals surface area contributed by atoms with Gasteiger partial charge < -0.3 is 10.2 Å². The van der Waals surface area contributed by atoms with Crippen molar-refractivity contribution in [2.45, 2.75) is 19.9 Å². The van der Waals surface area contributed by atoms with Gasteiger partial charge in [0.1, 0.15) is 6.33 Å². The van der Waals surface area contributed by atoms with Crippen LogP contribution < -0.4 is 5.32 Å². The molecule has 1 N–H and O–H groups in total. The number of benzene rings is 2. The lowest BCUT2D eigenvalue weighted by Gasteiger charge is -2.14. The van der Waals surface area contributed by atoms with E-state index in [2.05, 4.69) is 63.1 Å². The second-order valence-corrected chi connectivity index (χ2v) is 6.95. The molecule has 2 heterocycles. The summed E-state index contributed by atoms with van der Waals surface area (Å²) < 4.78 is 2.14. The van der Waals surface area contributed by atoms with Crippen LogP contribution in [0.4, 0.5) is 0 Å². The van der Waals surface area contributed by atoms with Crippen LogP contribution in [0.2, 0.25) is 0 Å². The summed E-state index contributed by atoms with van der Waals surface area (Å²) in [5.74, 6) is 0.802. The van der Waals surface area contributed by atoms with Gasteiger partial charge in [-0.2, -0.15) is 0 Å². The van der Waals surface area contributed by atoms with Crippen molar-refractivity contribution >= 4 is 11.0 Å². The SMILES string of the molecule is CCN1CCC(CNCc2ccc(-n3cnc4ccccc43)cc2)C1. The lowest BCUT2D eigenvalue weighted by Crippen LogP contribution is -2.26. The Labute approximate surface area is 149 Å². The zero-order valence-electron chi connectivity index (χ0n) is 14.9. The maximum atomic E-state index is 4.47. The number of rotatable bonds is 6. The van der Waals surface area contributed by atoms with Crippen molar-refractivity contribution in [3.8, 4) is 5.69 Å². The summed E-state index contributed by atoms with van der Waals surface area (Å²) in [6, 6.07) is 17.0. The van der Waals surface area contributed by atoms with Crippen molar-refractivity contribution in [3.05, 3.63) is 60.4 Å². The Morgan fingerprint density at radius 1 is 1.12 bits per heavy atom. The van der Waals surface area contributed by atoms with Gasteiger partial charge in [-0.3, -0.25) is 4.57 Å². The van der Waals surface area contributed by atoms with Gasteiger partial charge in [-0.15, -0.1) is 0 Å². The molecule has 4 heteroatoms. The van der Waals surface area contributed by atoms with E-state index in [4.69, 9.17) is 0 Å². The second kappa shape index (κ2) is 7.38. The molecule has 130 valence electrons. The Balaban J connectivity index is 1.36. The van der Waals surface area contributed by atoms with Gasteiger partial charge in [0.15, 0.2) is 0 Å². The number of imidazole rings is 1. The molecule has 4 nitrogen and oxygen atoms in total. The first-order valence-corrected chi connectivity index (χ1v) is 9.28. The van der Waals surface area contributed by atoms with E-state index in [0.717, 1.165) is 35.7 Å². The van der Waals surface area contributed by atoms with Crippen LogP contribution in [0.15, 0.2) is 54.9 Å². The van der Waals surface area contributed by atoms with Crippen LogP contribution >= 0.6 is 0 Å². The highest BCUT2D eigenvalue weighted by atomic mass is 15.1. The van der Waals surface area contributed by atoms with Gasteiger partial charge >= 0.3 is 0 Å². The molecule has 25 heavy (non-hydrogen) atoms. The minimum atomic E-state index is 0.802. The molecule has 1 saturated heterocycles. The molecule has 0 amide bonds. The van der Waals surface area contributed by atoms with Crippen molar-refractivity contribution in [2.24, 2.45) is 5.92 Å². The van der Waals surface area contributed by atoms with Crippen molar-refractivity contribution < 1.29 is 0 Å². The first-order valence-electron chi connectivity index (χ1n) is 9.28. The quantitative estimate of drug-likeness (QED) is 0.749. The molecule has 0 radical (unpaired) electrons. The fraction of sp³-hybridized carbons (Fsp3) is 0.381. The molecule has 1 atom stereocenters. The molecule has 3 aromatic rings. The normalized spacial score (nSPS) is 18.2. The van der Waals surface area contributed by atoms with Gasteiger partial charge in [-0.1, -0.05) is 31.2 Å². The summed E-state index contributed by atoms with van der Waals surface area (Å²) in [7, 11) is 0. The molecule has 2 aromatic carbocycles. The van der Waals surface area contributed by atoms with E-state index in [-0.39, 0.29) is 0 Å². The molecule has 1 fully saturated rings. The molecule has 4 rings (SSSR count). The van der Waals surface area contributed by atoms with Gasteiger partial charge in [0.05, 0.1) is 11.0 Å². The minimum Gasteiger partial charge on any atom is -0.312 e. The maximum absolute atomic E-state index is 4.47. The van der Waals surface area contributed by atoms with Crippen LogP contribution in [0.1, 0.15) is 18.9 Å². The van der Waals surface area contributed by atoms with Crippen LogP contribution in [0, 0.1) is 5.92 Å². The smallest absolute Gasteiger partial charge is 0.100 e. The molecule has 1 aliphatic rings. The van der Waals surface area contributed by atoms with Crippen molar-refractivity contribution in [2.75, 3.05) is 26.2 Å². The molecule has 1 aromatic heterocycles. The molecule has 0 spiro atoms. The van der Waals surface area contributed by atoms with Gasteiger partial charge in [-0.05, 0) is 61.8 Å². The summed E-state index contributed by atoms with van der Waals surface area (Å²) in [6.45, 7) is 7.99. The Hall–Kier alpha value is -2.17. The molecule has 1 unspecified atom stereocenters. The number of hydrogen-bond donors (Lipinski definition) is 1. The summed E-state index contributed by atoms with van der Waals surface area (Å²) in [4.78, 5) is 7.01. The van der Waals surface area contributed by atoms with Crippen LogP contribution in [0.3, 0.4) is 0 Å². The predicted molar refractivity (Wildman–Crippen MR) is 103 cm³/mol. The number of nitrogens with zero attached hydrogens (tertiary/aromatic N) is 3. The third-order valence-corrected chi connectivity index (χ3v) is 5.25. The largest absolute Gasteiger partial charge is 0.312 e. The van der Waals surface area contributed by atoms with E-state index in [1.807, 2.05) is 18.5 Å². The summed E-state index contributed by atoms with van der Waals surface area (Å²) in [5, 5.41) is 3.63. The van der Waals surface area contributed by atoms with E-state index < -0.39 is 0 Å². The third-order valence-electron chi connectivity index (χ3n) is 5.25. The van der Waals surface area contributed by atoms with E-state index in [1.165, 1.54) is 31.6 Å². The monoisotopic (exact) mass is 334 g/mol. The van der Waals surface area contributed by atoms with Crippen molar-refractivity contribution in [1.82, 2.24) is 19.8 Å². The third kappa shape index (κ3) is 3.60. The number of fused-ring (bicyclic) bond motifs is 1. The predicted octanol–water partition coefficient (Wildman–Crippen LogP) is 3.46. The minimum absolute atomic E-state index is 0.802. The van der Waals surface area contributed by atoms with Crippen molar-refractivity contribution in [3.63, 3.8) is 0 Å². The van der Waals surface area contributed by atoms with Crippen LogP contribution in [-0.2, 0) is 6.54 Å². The zero-order valence-corrected chi connectivity index (χ0v) is 14.9. The van der Waals surface area contributed by atoms with Crippen LogP contribution in [0.5, 0.6) is 0 Å². The molecular formula is C21H26N4. The molecule has 0 saturated carbocycles. The van der Waals surface area contributed by atoms with Crippen molar-refractivity contribution in [1.29, 1.82) is 0 Å². The summed E-state index contributed by atoms with van der Waals surface area (Å²) >= 11 is 0. The molecule has 0 aliphatic carbocycles. The summed E-state index contributed by atoms with van der Waals surface area (Å²) in [6.07, 6.45) is 3.23. The maximum Gasteiger partial charge on any atom is 0.100 e. The fourth-order valence-electron chi connectivity index (χ4n) is 3.73. The van der Waals surface area contributed by atoms with Gasteiger partial charge in [-0.25, -0.2) is 4.98 Å². The first kappa shape index (κ1) is 16.3. The first-order chi connectivity index (χ1) is 12.3. The highest BCUT2D eigenvalue weighted by molar-refractivity contribution is 5.77. The Morgan fingerprint density at radius 3 is 2.76 bits per heavy atom. The van der Waals surface area contributed by atoms with Gasteiger partial charge in [0.2, 0.25) is 0 Å². The number of para-hydroxylation sites is 2. The standard InChI is InChI=1S/C21H26N4/c1-2-24-12-11-18(15-24)14-22-13-17-7-9-19(10-8-17)25-16-23-20-5-3-4-6-21(20)25/h3-10,16,18,22H,2,11-15H2,1H3. The Bertz CT molecular complexity index is 821. The van der Waals surface area contributed by atoms with E-state index in [9.17, 15) is 0 Å². The number of hydrogen-bond acceptors (Lipinski definition) is 3. The lowest BCUT2D eigenvalue weighted by molar-refractivity contribution is 0.339. The fourth-order valence-corrected chi connectivity index (χ4v) is 3.73. The average Bonchev–Trinajstić information content (AvgIpc) is 3.29. The Kier molecular flexibility index (Phi) is 4.81.